The molecule has 1 unspecified atom stereocenters. The van der Waals surface area contributed by atoms with Gasteiger partial charge in [0.25, 0.3) is 0 Å². The molecule has 4 aromatic rings. The van der Waals surface area contributed by atoms with E-state index >= 15 is 0 Å². The normalized spacial score (nSPS) is 16.8. The predicted octanol–water partition coefficient (Wildman–Crippen LogP) is 9.33. The molecule has 0 saturated heterocycles. The zero-order valence-electron chi connectivity index (χ0n) is 25.8. The number of hydrogen-bond acceptors (Lipinski definition) is 0. The van der Waals surface area contributed by atoms with Crippen molar-refractivity contribution >= 4 is 37.1 Å². The predicted molar refractivity (Wildman–Crippen MR) is 192 cm³/mol. The third kappa shape index (κ3) is 6.33. The van der Waals surface area contributed by atoms with Crippen molar-refractivity contribution in [2.24, 2.45) is 0 Å². The number of rotatable bonds is 7. The van der Waals surface area contributed by atoms with Crippen molar-refractivity contribution in [2.75, 3.05) is 0 Å². The second-order valence-corrected chi connectivity index (χ2v) is 16.4. The zero-order valence-corrected chi connectivity index (χ0v) is 27.5. The van der Waals surface area contributed by atoms with Crippen molar-refractivity contribution in [3.05, 3.63) is 184 Å². The van der Waals surface area contributed by atoms with E-state index in [1.54, 1.807) is 0 Å². The van der Waals surface area contributed by atoms with Crippen LogP contribution >= 0.6 is 15.8 Å². The molecule has 0 bridgehead atoms. The Morgan fingerprint density at radius 2 is 1.07 bits per heavy atom. The second kappa shape index (κ2) is 12.9. The quantitative estimate of drug-likeness (QED) is 0.148. The molecule has 0 heterocycles. The van der Waals surface area contributed by atoms with E-state index in [1.165, 1.54) is 65.9 Å². The Balaban J connectivity index is 1.48. The molecule has 0 aliphatic heterocycles. The molecule has 0 saturated carbocycles. The monoisotopic (exact) mass is 593 g/mol. The average molecular weight is 594 g/mol. The molecule has 43 heavy (non-hydrogen) atoms. The van der Waals surface area contributed by atoms with Crippen molar-refractivity contribution in [1.82, 2.24) is 0 Å². The molecular formula is C41H39P2-. The lowest BCUT2D eigenvalue weighted by molar-refractivity contribution is 1.13. The summed E-state index contributed by atoms with van der Waals surface area (Å²) < 4.78 is 0. The second-order valence-electron chi connectivity index (χ2n) is 11.7. The van der Waals surface area contributed by atoms with Gasteiger partial charge in [-0.2, -0.15) is 0 Å². The third-order valence-corrected chi connectivity index (χ3v) is 13.3. The summed E-state index contributed by atoms with van der Waals surface area (Å²) in [6.45, 7) is 11.4. The van der Waals surface area contributed by atoms with E-state index in [-0.39, 0.29) is 0 Å². The van der Waals surface area contributed by atoms with Gasteiger partial charge in [-0.05, 0) is 56.8 Å². The number of allylic oxidation sites excluding steroid dienone is 10. The minimum atomic E-state index is -0.718. The number of aryl methyl sites for hydroxylation is 4. The number of hydrogen-bond donors (Lipinski definition) is 0. The van der Waals surface area contributed by atoms with E-state index in [4.69, 9.17) is 0 Å². The molecular weight excluding hydrogens is 554 g/mol. The molecule has 0 N–H and O–H groups in total. The summed E-state index contributed by atoms with van der Waals surface area (Å²) in [5.41, 5.74) is 11.3. The van der Waals surface area contributed by atoms with Gasteiger partial charge >= 0.3 is 0 Å². The highest BCUT2D eigenvalue weighted by Gasteiger charge is 2.29. The Morgan fingerprint density at radius 1 is 0.558 bits per heavy atom. The molecule has 2 aliphatic carbocycles. The first-order valence-corrected chi connectivity index (χ1v) is 17.9. The lowest BCUT2D eigenvalue weighted by Gasteiger charge is -2.38. The van der Waals surface area contributed by atoms with Gasteiger partial charge in [0.05, 0.1) is 0 Å². The summed E-state index contributed by atoms with van der Waals surface area (Å²) in [6, 6.07) is 36.4. The molecule has 0 spiro atoms. The highest BCUT2D eigenvalue weighted by molar-refractivity contribution is 7.76. The van der Waals surface area contributed by atoms with Crippen LogP contribution in [0.2, 0.25) is 0 Å². The first-order valence-electron chi connectivity index (χ1n) is 15.1. The Morgan fingerprint density at radius 3 is 1.58 bits per heavy atom. The first kappa shape index (κ1) is 29.4. The van der Waals surface area contributed by atoms with Crippen LogP contribution < -0.4 is 21.2 Å². The fourth-order valence-electron chi connectivity index (χ4n) is 6.44. The van der Waals surface area contributed by atoms with Gasteiger partial charge in [0.15, 0.2) is 0 Å². The average Bonchev–Trinajstić information content (AvgIpc) is 3.48. The van der Waals surface area contributed by atoms with Crippen LogP contribution in [0.1, 0.15) is 29.2 Å². The van der Waals surface area contributed by atoms with Crippen molar-refractivity contribution in [1.29, 1.82) is 0 Å². The van der Waals surface area contributed by atoms with Gasteiger partial charge in [-0.25, -0.2) is 0 Å². The lowest BCUT2D eigenvalue weighted by atomic mass is 9.95. The lowest BCUT2D eigenvalue weighted by Crippen LogP contribution is -2.23. The fourth-order valence-corrected chi connectivity index (χ4v) is 12.0. The van der Waals surface area contributed by atoms with Crippen LogP contribution in [0.15, 0.2) is 156 Å². The van der Waals surface area contributed by atoms with Gasteiger partial charge in [0.1, 0.15) is 0 Å². The van der Waals surface area contributed by atoms with Gasteiger partial charge in [0.2, 0.25) is 0 Å². The molecule has 0 amide bonds. The molecule has 0 aromatic heterocycles. The summed E-state index contributed by atoms with van der Waals surface area (Å²) in [6.07, 6.45) is 16.1. The Labute approximate surface area is 260 Å². The van der Waals surface area contributed by atoms with Crippen LogP contribution in [0, 0.1) is 33.4 Å². The van der Waals surface area contributed by atoms with E-state index in [0.29, 0.717) is 5.66 Å². The fraction of sp³-hybridized carbons (Fsp3) is 0.146. The Hall–Kier alpha value is -3.69. The molecule has 2 aliphatic rings. The summed E-state index contributed by atoms with van der Waals surface area (Å²) in [4.78, 5) is 0. The topological polar surface area (TPSA) is 0 Å². The molecule has 0 fully saturated rings. The van der Waals surface area contributed by atoms with Crippen molar-refractivity contribution < 1.29 is 0 Å². The minimum Gasteiger partial charge on any atom is -0.145 e. The Bertz CT molecular complexity index is 1640. The smallest absolute Gasteiger partial charge is 0.00131 e. The van der Waals surface area contributed by atoms with Crippen LogP contribution in [0.3, 0.4) is 0 Å². The maximum atomic E-state index is 2.46. The molecule has 6 rings (SSSR count). The summed E-state index contributed by atoms with van der Waals surface area (Å²) in [7, 11) is -1.36. The highest BCUT2D eigenvalue weighted by Crippen LogP contribution is 2.54. The van der Waals surface area contributed by atoms with Crippen molar-refractivity contribution in [3.63, 3.8) is 0 Å². The van der Waals surface area contributed by atoms with Crippen molar-refractivity contribution in [2.45, 2.75) is 40.3 Å². The maximum absolute atomic E-state index is 2.46. The van der Waals surface area contributed by atoms with Gasteiger partial charge < -0.3 is 0 Å². The molecule has 0 nitrogen and oxygen atoms in total. The van der Waals surface area contributed by atoms with E-state index < -0.39 is 15.8 Å². The Kier molecular flexibility index (Phi) is 8.81. The summed E-state index contributed by atoms with van der Waals surface area (Å²) >= 11 is 0. The van der Waals surface area contributed by atoms with Crippen molar-refractivity contribution in [3.8, 4) is 0 Å². The van der Waals surface area contributed by atoms with Gasteiger partial charge in [-0.1, -0.05) is 169 Å². The van der Waals surface area contributed by atoms with Crippen LogP contribution in [-0.4, -0.2) is 5.66 Å². The third-order valence-electron chi connectivity index (χ3n) is 8.12. The van der Waals surface area contributed by atoms with Crippen LogP contribution in [0.5, 0.6) is 0 Å². The summed E-state index contributed by atoms with van der Waals surface area (Å²) in [5, 5.41) is 5.68. The van der Waals surface area contributed by atoms with Crippen LogP contribution in [0.4, 0.5) is 0 Å². The zero-order chi connectivity index (χ0) is 29.9. The largest absolute Gasteiger partial charge is 0.145 e. The van der Waals surface area contributed by atoms with Gasteiger partial charge in [-0.3, -0.25) is 0 Å². The van der Waals surface area contributed by atoms with E-state index in [2.05, 4.69) is 174 Å². The SMILES string of the molecule is Cc1cc(C)cc(P(c2cc(C)cc(C)c2)C(C)C2=CC=C/C2=C2/C=CC=C[C-]2P(c2ccccc2)c2ccccc2)c1. The molecule has 2 heteroatoms. The van der Waals surface area contributed by atoms with E-state index in [1.807, 2.05) is 0 Å². The molecule has 214 valence electrons. The van der Waals surface area contributed by atoms with Crippen LogP contribution in [0.25, 0.3) is 0 Å². The first-order chi connectivity index (χ1) is 20.9. The highest BCUT2D eigenvalue weighted by atomic mass is 31.1. The maximum Gasteiger partial charge on any atom is 0.00131 e. The van der Waals surface area contributed by atoms with Gasteiger partial charge in [-0.15, -0.1) is 29.9 Å². The van der Waals surface area contributed by atoms with Gasteiger partial charge in [0, 0.05) is 5.66 Å². The molecule has 0 radical (unpaired) electrons. The van der Waals surface area contributed by atoms with Crippen LogP contribution in [-0.2, 0) is 0 Å². The summed E-state index contributed by atoms with van der Waals surface area (Å²) in [5.74, 6) is 0. The number of benzene rings is 4. The molecule has 1 atom stereocenters. The van der Waals surface area contributed by atoms with E-state index in [0.717, 1.165) is 0 Å². The molecule has 4 aromatic carbocycles. The standard InChI is InChI=1S/C41H39P2/c1-29-23-30(2)26-36(25-29)42(37-27-31(3)24-32(4)28-37)33(5)38-20-14-21-39(38)40-19-12-13-22-41(40)43(34-15-8-6-9-16-34)35-17-10-7-11-18-35/h6-28,33H,1-5H3/q-1/b40-39+. The minimum absolute atomic E-state index is 0.343. The van der Waals surface area contributed by atoms with E-state index in [9.17, 15) is 0 Å².